The molecule has 0 aromatic rings. The molecule has 1 heterocycles. The number of aliphatic carboxylic acids is 1. The molecule has 2 N–H and O–H groups in total. The number of hydrogen-bond donors (Lipinski definition) is 2. The van der Waals surface area contributed by atoms with E-state index in [1.165, 1.54) is 5.57 Å². The Bertz CT molecular complexity index is 1370. The predicted molar refractivity (Wildman–Crippen MR) is 170 cm³/mol. The van der Waals surface area contributed by atoms with E-state index in [0.29, 0.717) is 11.8 Å². The quantitative estimate of drug-likeness (QED) is 0.188. The van der Waals surface area contributed by atoms with Gasteiger partial charge in [0.2, 0.25) is 5.91 Å². The Morgan fingerprint density at radius 1 is 1.00 bits per heavy atom. The van der Waals surface area contributed by atoms with Gasteiger partial charge in [-0.1, -0.05) is 77.0 Å². The van der Waals surface area contributed by atoms with Crippen molar-refractivity contribution in [2.45, 2.75) is 124 Å². The minimum Gasteiger partial charge on any atom is -0.481 e. The van der Waals surface area contributed by atoms with Gasteiger partial charge in [-0.25, -0.2) is 4.79 Å². The first kappa shape index (κ1) is 31.8. The maximum atomic E-state index is 12.9. The minimum atomic E-state index is -0.764. The summed E-state index contributed by atoms with van der Waals surface area (Å²) in [6.07, 6.45) is 11.5. The second-order valence-corrected chi connectivity index (χ2v) is 18.2. The molecule has 6 aliphatic rings. The maximum Gasteiger partial charge on any atom is 0.336 e. The topological polar surface area (TPSA) is 122 Å². The third kappa shape index (κ3) is 4.48. The van der Waals surface area contributed by atoms with Crippen molar-refractivity contribution in [3.05, 3.63) is 11.6 Å². The average Bonchev–Trinajstić information content (AvgIpc) is 3.23. The van der Waals surface area contributed by atoms with Gasteiger partial charge in [0.15, 0.2) is 0 Å². The fraction of sp³-hybridized carbons (Fsp3) is 0.800. The Hall–Kier alpha value is -2.16. The summed E-state index contributed by atoms with van der Waals surface area (Å²) in [7, 11) is 0. The Balaban J connectivity index is 1.26. The van der Waals surface area contributed by atoms with E-state index in [1.54, 1.807) is 0 Å². The fourth-order valence-electron chi connectivity index (χ4n) is 11.4. The van der Waals surface area contributed by atoms with E-state index in [2.05, 4.69) is 65.0 Å². The molecular formula is C35H50N2O6S. The first-order chi connectivity index (χ1) is 20.4. The fourth-order valence-corrected chi connectivity index (χ4v) is 12.2. The summed E-state index contributed by atoms with van der Waals surface area (Å²) in [6, 6.07) is 0. The van der Waals surface area contributed by atoms with Crippen LogP contribution in [-0.4, -0.2) is 39.2 Å². The zero-order valence-corrected chi connectivity index (χ0v) is 28.3. The average molecular weight is 627 g/mol. The van der Waals surface area contributed by atoms with Crippen LogP contribution in [0, 0.1) is 50.2 Å². The lowest BCUT2D eigenvalue weighted by Crippen LogP contribution is -2.64. The molecule has 1 saturated heterocycles. The Morgan fingerprint density at radius 2 is 1.70 bits per heavy atom. The Labute approximate surface area is 265 Å². The molecule has 44 heavy (non-hydrogen) atoms. The molecule has 0 unspecified atom stereocenters. The van der Waals surface area contributed by atoms with Crippen molar-refractivity contribution >= 4 is 40.6 Å². The van der Waals surface area contributed by atoms with Crippen LogP contribution in [0.3, 0.4) is 0 Å². The zero-order chi connectivity index (χ0) is 32.1. The molecule has 0 bridgehead atoms. The summed E-state index contributed by atoms with van der Waals surface area (Å²) in [5.74, 6) is -0.713. The molecule has 0 radical (unpaired) electrons. The molecule has 4 saturated carbocycles. The number of oxime groups is 1. The van der Waals surface area contributed by atoms with Crippen molar-refractivity contribution in [1.82, 2.24) is 5.32 Å². The lowest BCUT2D eigenvalue weighted by Gasteiger charge is -2.70. The number of thioether (sulfide) groups is 1. The van der Waals surface area contributed by atoms with Crippen LogP contribution >= 0.6 is 11.8 Å². The van der Waals surface area contributed by atoms with Crippen molar-refractivity contribution in [2.24, 2.45) is 55.4 Å². The van der Waals surface area contributed by atoms with Crippen LogP contribution in [0.25, 0.3) is 0 Å². The highest BCUT2D eigenvalue weighted by atomic mass is 32.2. The van der Waals surface area contributed by atoms with Crippen molar-refractivity contribution < 1.29 is 29.1 Å². The number of carbonyl (C=O) groups excluding carboxylic acids is 3. The van der Waals surface area contributed by atoms with E-state index < -0.39 is 33.7 Å². The van der Waals surface area contributed by atoms with E-state index in [1.807, 2.05) is 0 Å². The van der Waals surface area contributed by atoms with Crippen molar-refractivity contribution in [3.8, 4) is 0 Å². The number of rotatable bonds is 4. The number of nitrogens with zero attached hydrogens (tertiary/aromatic N) is 1. The molecule has 8 atom stereocenters. The van der Waals surface area contributed by atoms with Gasteiger partial charge in [-0.05, 0) is 104 Å². The van der Waals surface area contributed by atoms with Crippen molar-refractivity contribution in [2.75, 3.05) is 0 Å². The molecule has 8 nitrogen and oxygen atoms in total. The third-order valence-corrected chi connectivity index (χ3v) is 15.2. The van der Waals surface area contributed by atoms with E-state index in [9.17, 15) is 24.3 Å². The number of amides is 2. The lowest BCUT2D eigenvalue weighted by atomic mass is 9.33. The largest absolute Gasteiger partial charge is 0.481 e. The number of carboxylic acids is 1. The third-order valence-electron chi connectivity index (χ3n) is 14.2. The number of fused-ring (bicyclic) bond motifs is 7. The second kappa shape index (κ2) is 10.2. The van der Waals surface area contributed by atoms with E-state index in [4.69, 9.17) is 4.84 Å². The highest BCUT2D eigenvalue weighted by Gasteiger charge is 2.69. The number of nitrogens with one attached hydrogen (secondary N) is 1. The van der Waals surface area contributed by atoms with Gasteiger partial charge in [0, 0.05) is 5.41 Å². The first-order valence-corrected chi connectivity index (χ1v) is 17.5. The van der Waals surface area contributed by atoms with Gasteiger partial charge < -0.3 is 9.94 Å². The summed E-state index contributed by atoms with van der Waals surface area (Å²) >= 11 is 0.820. The molecule has 0 spiro atoms. The SMILES string of the molecule is CC1(C)CC[C@]2(C(=O)O)CC[C@]3(C)C(=CC[C@@H]4[C@@]5(C)CC/C(=N/OC(=O)C[C@@H]6SC(=O)NC6=O)C(C)(C)[C@H]5CC[C@]43C)[C@@H]2C1. The summed E-state index contributed by atoms with van der Waals surface area (Å²) in [5.41, 5.74) is 1.70. The van der Waals surface area contributed by atoms with Crippen LogP contribution in [0.15, 0.2) is 16.8 Å². The number of hydrogen-bond acceptors (Lipinski definition) is 7. The lowest BCUT2D eigenvalue weighted by molar-refractivity contribution is -0.179. The molecule has 0 aromatic heterocycles. The summed E-state index contributed by atoms with van der Waals surface area (Å²) in [5, 5.41) is 16.0. The van der Waals surface area contributed by atoms with Crippen LogP contribution in [0.2, 0.25) is 0 Å². The number of allylic oxidation sites excluding steroid dienone is 2. The number of carboxylic acid groups (broad SMARTS) is 1. The Morgan fingerprint density at radius 3 is 2.36 bits per heavy atom. The zero-order valence-electron chi connectivity index (χ0n) is 27.5. The van der Waals surface area contributed by atoms with Gasteiger partial charge >= 0.3 is 11.9 Å². The first-order valence-electron chi connectivity index (χ1n) is 16.6. The van der Waals surface area contributed by atoms with Crippen molar-refractivity contribution in [3.63, 3.8) is 0 Å². The highest BCUT2D eigenvalue weighted by Crippen LogP contribution is 2.75. The second-order valence-electron chi connectivity index (χ2n) is 17.0. The van der Waals surface area contributed by atoms with Gasteiger partial charge in [0.05, 0.1) is 17.5 Å². The minimum absolute atomic E-state index is 0.0269. The van der Waals surface area contributed by atoms with E-state index >= 15 is 0 Å². The maximum absolute atomic E-state index is 12.9. The standard InChI is InChI=1S/C35H50N2O6S/c1-30(2)14-16-35(28(40)41)17-15-33(6)20(21(35)19-30)8-9-24-32(5)12-11-25(31(3,4)23(32)10-13-34(24,33)7)37-43-26(38)18-22-27(39)36-29(42)44-22/h8,21-24H,9-19H2,1-7H3,(H,40,41)(H,36,39,42)/b37-25-/t21-,22-,23+,24+,32-,33+,34+,35-/m0/s1. The van der Waals surface area contributed by atoms with Crippen LogP contribution in [0.1, 0.15) is 119 Å². The number of imide groups is 1. The molecule has 2 amide bonds. The summed E-state index contributed by atoms with van der Waals surface area (Å²) in [4.78, 5) is 54.2. The number of carbonyl (C=O) groups is 4. The molecular weight excluding hydrogens is 576 g/mol. The van der Waals surface area contributed by atoms with Gasteiger partial charge in [0.1, 0.15) is 5.25 Å². The summed E-state index contributed by atoms with van der Waals surface area (Å²) in [6.45, 7) is 16.6. The molecule has 242 valence electrons. The van der Waals surface area contributed by atoms with E-state index in [0.717, 1.165) is 81.7 Å². The molecule has 5 fully saturated rings. The van der Waals surface area contributed by atoms with Crippen LogP contribution in [-0.2, 0) is 19.2 Å². The summed E-state index contributed by atoms with van der Waals surface area (Å²) < 4.78 is 0. The predicted octanol–water partition coefficient (Wildman–Crippen LogP) is 7.51. The van der Waals surface area contributed by atoms with Gasteiger partial charge in [-0.3, -0.25) is 19.7 Å². The van der Waals surface area contributed by atoms with Gasteiger partial charge in [-0.15, -0.1) is 0 Å². The Kier molecular flexibility index (Phi) is 7.35. The van der Waals surface area contributed by atoms with Crippen molar-refractivity contribution in [1.29, 1.82) is 0 Å². The van der Waals surface area contributed by atoms with Crippen LogP contribution in [0.5, 0.6) is 0 Å². The van der Waals surface area contributed by atoms with Gasteiger partial charge in [-0.2, -0.15) is 0 Å². The normalized spacial score (nSPS) is 44.8. The van der Waals surface area contributed by atoms with Gasteiger partial charge in [0.25, 0.3) is 5.24 Å². The monoisotopic (exact) mass is 626 g/mol. The molecule has 0 aromatic carbocycles. The smallest absolute Gasteiger partial charge is 0.336 e. The van der Waals surface area contributed by atoms with E-state index in [-0.39, 0.29) is 39.4 Å². The molecule has 1 aliphatic heterocycles. The van der Waals surface area contributed by atoms with Crippen LogP contribution in [0.4, 0.5) is 4.79 Å². The van der Waals surface area contributed by atoms with Crippen LogP contribution < -0.4 is 5.32 Å². The molecule has 6 rings (SSSR count). The molecule has 9 heteroatoms. The highest BCUT2D eigenvalue weighted by molar-refractivity contribution is 8.15. The molecule has 5 aliphatic carbocycles.